The third-order valence-corrected chi connectivity index (χ3v) is 3.80. The molecular weight excluding hydrogens is 344 g/mol. The van der Waals surface area contributed by atoms with Gasteiger partial charge in [0.05, 0.1) is 12.1 Å². The van der Waals surface area contributed by atoms with Gasteiger partial charge in [-0.25, -0.2) is 4.79 Å². The minimum atomic E-state index is -0.919. The molecule has 0 saturated carbocycles. The van der Waals surface area contributed by atoms with E-state index in [2.05, 4.69) is 0 Å². The molecule has 0 radical (unpaired) electrons. The molecule has 6 heteroatoms. The molecule has 0 spiro atoms. The van der Waals surface area contributed by atoms with Gasteiger partial charge in [0.1, 0.15) is 11.5 Å². The van der Waals surface area contributed by atoms with Crippen molar-refractivity contribution in [2.75, 3.05) is 13.7 Å². The number of carbonyl (C=O) groups is 2. The lowest BCUT2D eigenvalue weighted by Crippen LogP contribution is -2.27. The van der Waals surface area contributed by atoms with Crippen LogP contribution in [-0.2, 0) is 9.53 Å². The number of esters is 1. The molecule has 2 aromatic rings. The van der Waals surface area contributed by atoms with Gasteiger partial charge in [-0.05, 0) is 55.8 Å². The summed E-state index contributed by atoms with van der Waals surface area (Å²) in [7, 11) is 1.54. The van der Waals surface area contributed by atoms with Crippen LogP contribution in [0.3, 0.4) is 0 Å². The molecule has 0 unspecified atom stereocenters. The number of rotatable bonds is 7. The molecule has 0 saturated heterocycles. The molecule has 0 heterocycles. The molecule has 1 atom stereocenters. The summed E-state index contributed by atoms with van der Waals surface area (Å²) in [5.74, 6) is 0.0916. The zero-order valence-corrected chi connectivity index (χ0v) is 15.0. The van der Waals surface area contributed by atoms with Crippen molar-refractivity contribution >= 4 is 23.4 Å². The molecule has 132 valence electrons. The van der Waals surface area contributed by atoms with Gasteiger partial charge in [0.15, 0.2) is 12.7 Å². The molecule has 2 aromatic carbocycles. The maximum atomic E-state index is 12.3. The van der Waals surface area contributed by atoms with E-state index in [1.165, 1.54) is 6.92 Å². The predicted octanol–water partition coefficient (Wildman–Crippen LogP) is 3.85. The number of halogens is 1. The van der Waals surface area contributed by atoms with Gasteiger partial charge in [-0.2, -0.15) is 0 Å². The highest BCUT2D eigenvalue weighted by Gasteiger charge is 2.20. The predicted molar refractivity (Wildman–Crippen MR) is 94.6 cm³/mol. The highest BCUT2D eigenvalue weighted by Crippen LogP contribution is 2.25. The second-order valence-electron chi connectivity index (χ2n) is 5.45. The van der Waals surface area contributed by atoms with Crippen LogP contribution in [0.1, 0.15) is 22.8 Å². The standard InChI is InChI=1S/C19H19ClO5/c1-12-4-9-16(20)17(10-12)24-11-18(21)25-13(2)19(22)14-5-7-15(23-3)8-6-14/h4-10,13H,11H2,1-3H3/t13-/m1/s1. The number of ketones is 1. The van der Waals surface area contributed by atoms with Crippen LogP contribution < -0.4 is 9.47 Å². The van der Waals surface area contributed by atoms with Crippen LogP contribution in [0.5, 0.6) is 11.5 Å². The van der Waals surface area contributed by atoms with Crippen molar-refractivity contribution in [1.29, 1.82) is 0 Å². The molecule has 0 fully saturated rings. The van der Waals surface area contributed by atoms with E-state index < -0.39 is 12.1 Å². The molecule has 0 N–H and O–H groups in total. The molecule has 0 aliphatic heterocycles. The topological polar surface area (TPSA) is 61.8 Å². The monoisotopic (exact) mass is 362 g/mol. The van der Waals surface area contributed by atoms with Crippen molar-refractivity contribution in [3.05, 3.63) is 58.6 Å². The number of methoxy groups -OCH3 is 1. The normalized spacial score (nSPS) is 11.5. The smallest absolute Gasteiger partial charge is 0.344 e. The Labute approximate surface area is 151 Å². The molecule has 0 aromatic heterocycles. The first-order valence-electron chi connectivity index (χ1n) is 7.67. The second-order valence-corrected chi connectivity index (χ2v) is 5.85. The van der Waals surface area contributed by atoms with Gasteiger partial charge in [0, 0.05) is 5.56 Å². The van der Waals surface area contributed by atoms with Crippen LogP contribution in [-0.4, -0.2) is 31.6 Å². The van der Waals surface area contributed by atoms with E-state index in [4.69, 9.17) is 25.8 Å². The van der Waals surface area contributed by atoms with Crippen molar-refractivity contribution in [3.63, 3.8) is 0 Å². The summed E-state index contributed by atoms with van der Waals surface area (Å²) >= 11 is 6.00. The first-order valence-corrected chi connectivity index (χ1v) is 8.05. The number of hydrogen-bond acceptors (Lipinski definition) is 5. The van der Waals surface area contributed by atoms with E-state index >= 15 is 0 Å². The number of aryl methyl sites for hydroxylation is 1. The minimum absolute atomic E-state index is 0.301. The second kappa shape index (κ2) is 8.53. The number of Topliss-reactive ketones (excluding diaryl/α,β-unsaturated/α-hetero) is 1. The summed E-state index contributed by atoms with van der Waals surface area (Å²) in [5.41, 5.74) is 1.39. The Morgan fingerprint density at radius 3 is 2.44 bits per heavy atom. The van der Waals surface area contributed by atoms with Crippen LogP contribution in [0.4, 0.5) is 0 Å². The lowest BCUT2D eigenvalue weighted by Gasteiger charge is -2.13. The Morgan fingerprint density at radius 1 is 1.12 bits per heavy atom. The van der Waals surface area contributed by atoms with E-state index in [-0.39, 0.29) is 12.4 Å². The first kappa shape index (κ1) is 18.8. The molecule has 2 rings (SSSR count). The van der Waals surface area contributed by atoms with E-state index in [0.717, 1.165) is 5.56 Å². The Balaban J connectivity index is 1.90. The van der Waals surface area contributed by atoms with Crippen LogP contribution in [0.25, 0.3) is 0 Å². The Morgan fingerprint density at radius 2 is 1.80 bits per heavy atom. The first-order chi connectivity index (χ1) is 11.9. The number of hydrogen-bond donors (Lipinski definition) is 0. The largest absolute Gasteiger partial charge is 0.497 e. The summed E-state index contributed by atoms with van der Waals surface area (Å²) in [6.07, 6.45) is -0.919. The van der Waals surface area contributed by atoms with Gasteiger partial charge >= 0.3 is 5.97 Å². The molecule has 0 amide bonds. The number of ether oxygens (including phenoxy) is 3. The third kappa shape index (κ3) is 5.22. The van der Waals surface area contributed by atoms with Gasteiger partial charge in [-0.1, -0.05) is 17.7 Å². The van der Waals surface area contributed by atoms with Gasteiger partial charge in [-0.3, -0.25) is 4.79 Å². The molecule has 5 nitrogen and oxygen atoms in total. The van der Waals surface area contributed by atoms with Crippen molar-refractivity contribution in [2.45, 2.75) is 20.0 Å². The van der Waals surface area contributed by atoms with Gasteiger partial charge in [-0.15, -0.1) is 0 Å². The van der Waals surface area contributed by atoms with Crippen molar-refractivity contribution < 1.29 is 23.8 Å². The Bertz CT molecular complexity index is 755. The molecule has 25 heavy (non-hydrogen) atoms. The fourth-order valence-corrected chi connectivity index (χ4v) is 2.30. The fraction of sp³-hybridized carbons (Fsp3) is 0.263. The van der Waals surface area contributed by atoms with Crippen LogP contribution in [0.2, 0.25) is 5.02 Å². The lowest BCUT2D eigenvalue weighted by molar-refractivity contribution is -0.148. The summed E-state index contributed by atoms with van der Waals surface area (Å²) in [5, 5.41) is 0.403. The molecule has 0 aliphatic rings. The molecular formula is C19H19ClO5. The highest BCUT2D eigenvalue weighted by atomic mass is 35.5. The quantitative estimate of drug-likeness (QED) is 0.553. The highest BCUT2D eigenvalue weighted by molar-refractivity contribution is 6.32. The van der Waals surface area contributed by atoms with Gasteiger partial charge in [0.25, 0.3) is 0 Å². The zero-order chi connectivity index (χ0) is 18.4. The van der Waals surface area contributed by atoms with Crippen LogP contribution in [0.15, 0.2) is 42.5 Å². The van der Waals surface area contributed by atoms with Gasteiger partial charge in [0.2, 0.25) is 5.78 Å². The fourth-order valence-electron chi connectivity index (χ4n) is 2.13. The third-order valence-electron chi connectivity index (χ3n) is 3.48. The van der Waals surface area contributed by atoms with Crippen molar-refractivity contribution in [1.82, 2.24) is 0 Å². The van der Waals surface area contributed by atoms with Crippen LogP contribution >= 0.6 is 11.6 Å². The summed E-state index contributed by atoms with van der Waals surface area (Å²) in [6, 6.07) is 11.8. The SMILES string of the molecule is COc1ccc(C(=O)[C@@H](C)OC(=O)COc2cc(C)ccc2Cl)cc1. The summed E-state index contributed by atoms with van der Waals surface area (Å²) < 4.78 is 15.5. The van der Waals surface area contributed by atoms with Crippen molar-refractivity contribution in [2.24, 2.45) is 0 Å². The van der Waals surface area contributed by atoms with E-state index in [1.54, 1.807) is 43.5 Å². The van der Waals surface area contributed by atoms with E-state index in [1.807, 2.05) is 13.0 Å². The number of carbonyl (C=O) groups excluding carboxylic acids is 2. The Kier molecular flexibility index (Phi) is 6.42. The average molecular weight is 363 g/mol. The van der Waals surface area contributed by atoms with Crippen LogP contribution in [0, 0.1) is 6.92 Å². The van der Waals surface area contributed by atoms with Gasteiger partial charge < -0.3 is 14.2 Å². The van der Waals surface area contributed by atoms with E-state index in [9.17, 15) is 9.59 Å². The maximum Gasteiger partial charge on any atom is 0.344 e. The summed E-state index contributed by atoms with van der Waals surface area (Å²) in [4.78, 5) is 24.2. The zero-order valence-electron chi connectivity index (χ0n) is 14.2. The molecule has 0 aliphatic carbocycles. The van der Waals surface area contributed by atoms with Crippen molar-refractivity contribution in [3.8, 4) is 11.5 Å². The minimum Gasteiger partial charge on any atom is -0.497 e. The summed E-state index contributed by atoms with van der Waals surface area (Å²) in [6.45, 7) is 3.07. The number of benzene rings is 2. The average Bonchev–Trinajstić information content (AvgIpc) is 2.61. The van der Waals surface area contributed by atoms with E-state index in [0.29, 0.717) is 22.1 Å². The maximum absolute atomic E-state index is 12.3. The molecule has 0 bridgehead atoms. The Hall–Kier alpha value is -2.53. The lowest BCUT2D eigenvalue weighted by atomic mass is 10.1.